The number of ether oxygens (including phenoxy) is 2. The molecule has 1 aromatic heterocycles. The summed E-state index contributed by atoms with van der Waals surface area (Å²) < 4.78 is 11.3. The molecule has 2 aliphatic rings. The third-order valence-corrected chi connectivity index (χ3v) is 6.80. The van der Waals surface area contributed by atoms with Crippen molar-refractivity contribution in [3.63, 3.8) is 0 Å². The first-order chi connectivity index (χ1) is 15.6. The number of anilines is 1. The summed E-state index contributed by atoms with van der Waals surface area (Å²) >= 11 is 1.38. The summed E-state index contributed by atoms with van der Waals surface area (Å²) in [7, 11) is 0. The van der Waals surface area contributed by atoms with Crippen LogP contribution in [0.2, 0.25) is 0 Å². The molecule has 0 unspecified atom stereocenters. The molecular weight excluding hydrogens is 422 g/mol. The van der Waals surface area contributed by atoms with Gasteiger partial charge in [0.1, 0.15) is 18.9 Å². The van der Waals surface area contributed by atoms with E-state index in [-0.39, 0.29) is 5.91 Å². The zero-order chi connectivity index (χ0) is 22.1. The van der Waals surface area contributed by atoms with Gasteiger partial charge in [-0.3, -0.25) is 4.79 Å². The topological polar surface area (TPSA) is 77.7 Å². The van der Waals surface area contributed by atoms with Gasteiger partial charge in [0.25, 0.3) is 5.91 Å². The van der Waals surface area contributed by atoms with Crippen LogP contribution in [-0.2, 0) is 6.42 Å². The monoisotopic (exact) mass is 449 g/mol. The molecule has 7 heteroatoms. The molecule has 1 aliphatic heterocycles. The van der Waals surface area contributed by atoms with Gasteiger partial charge < -0.3 is 20.1 Å². The average Bonchev–Trinajstić information content (AvgIpc) is 3.54. The van der Waals surface area contributed by atoms with Crippen LogP contribution in [0.25, 0.3) is 10.4 Å². The molecule has 0 saturated heterocycles. The van der Waals surface area contributed by atoms with E-state index in [1.807, 2.05) is 48.2 Å². The van der Waals surface area contributed by atoms with E-state index in [2.05, 4.69) is 11.1 Å². The Labute approximate surface area is 192 Å². The third-order valence-electron chi connectivity index (χ3n) is 5.87. The summed E-state index contributed by atoms with van der Waals surface area (Å²) in [6.45, 7) is 4.57. The lowest BCUT2D eigenvalue weighted by molar-refractivity contribution is 0.0745. The SMILES string of the molecule is Cc1cccc(-c2sc(N)nc2C(=O)N(CCc2ccc3c(c2)OCCO3)CC2CC2)c1. The molecule has 166 valence electrons. The molecule has 0 bridgehead atoms. The lowest BCUT2D eigenvalue weighted by Crippen LogP contribution is -2.35. The van der Waals surface area contributed by atoms with Crippen molar-refractivity contribution in [1.82, 2.24) is 9.88 Å². The Morgan fingerprint density at radius 3 is 2.75 bits per heavy atom. The Bertz CT molecular complexity index is 1140. The fourth-order valence-corrected chi connectivity index (χ4v) is 4.83. The van der Waals surface area contributed by atoms with Gasteiger partial charge in [-0.25, -0.2) is 4.98 Å². The van der Waals surface area contributed by atoms with Crippen molar-refractivity contribution in [3.05, 3.63) is 59.3 Å². The third kappa shape index (κ3) is 4.58. The molecule has 5 rings (SSSR count). The number of benzene rings is 2. The number of hydrogen-bond acceptors (Lipinski definition) is 6. The Morgan fingerprint density at radius 2 is 1.97 bits per heavy atom. The molecule has 1 aliphatic carbocycles. The van der Waals surface area contributed by atoms with Gasteiger partial charge in [-0.15, -0.1) is 0 Å². The van der Waals surface area contributed by atoms with Crippen molar-refractivity contribution in [2.45, 2.75) is 26.2 Å². The molecule has 0 radical (unpaired) electrons. The second-order valence-electron chi connectivity index (χ2n) is 8.52. The molecule has 1 saturated carbocycles. The number of amides is 1. The summed E-state index contributed by atoms with van der Waals surface area (Å²) in [5, 5.41) is 0.420. The highest BCUT2D eigenvalue weighted by Gasteiger charge is 2.30. The van der Waals surface area contributed by atoms with Gasteiger partial charge in [-0.1, -0.05) is 47.2 Å². The summed E-state index contributed by atoms with van der Waals surface area (Å²) in [6.07, 6.45) is 3.10. The molecule has 32 heavy (non-hydrogen) atoms. The van der Waals surface area contributed by atoms with E-state index in [0.29, 0.717) is 36.5 Å². The van der Waals surface area contributed by atoms with Crippen LogP contribution in [0.1, 0.15) is 34.5 Å². The van der Waals surface area contributed by atoms with E-state index in [9.17, 15) is 4.79 Å². The fourth-order valence-electron chi connectivity index (χ4n) is 4.01. The Hall–Kier alpha value is -3.06. The number of thiazole rings is 1. The van der Waals surface area contributed by atoms with E-state index in [1.165, 1.54) is 24.2 Å². The molecular formula is C25H27N3O3S. The van der Waals surface area contributed by atoms with Gasteiger partial charge in [-0.2, -0.15) is 0 Å². The summed E-state index contributed by atoms with van der Waals surface area (Å²) in [6, 6.07) is 14.1. The molecule has 2 N–H and O–H groups in total. The molecule has 3 aromatic rings. The predicted octanol–water partition coefficient (Wildman–Crippen LogP) is 4.57. The number of carbonyl (C=O) groups excluding carboxylic acids is 1. The van der Waals surface area contributed by atoms with Crippen LogP contribution in [0, 0.1) is 12.8 Å². The first-order valence-corrected chi connectivity index (χ1v) is 11.9. The molecule has 0 atom stereocenters. The number of aryl methyl sites for hydroxylation is 1. The molecule has 2 aromatic carbocycles. The van der Waals surface area contributed by atoms with Gasteiger partial charge in [0.05, 0.1) is 4.88 Å². The van der Waals surface area contributed by atoms with E-state index < -0.39 is 0 Å². The Morgan fingerprint density at radius 1 is 1.16 bits per heavy atom. The van der Waals surface area contributed by atoms with Gasteiger partial charge in [0, 0.05) is 13.1 Å². The first kappa shape index (κ1) is 20.8. The number of aromatic nitrogens is 1. The van der Waals surface area contributed by atoms with Crippen molar-refractivity contribution in [3.8, 4) is 21.9 Å². The van der Waals surface area contributed by atoms with Gasteiger partial charge in [0.2, 0.25) is 0 Å². The number of fused-ring (bicyclic) bond motifs is 1. The van der Waals surface area contributed by atoms with Gasteiger partial charge in [-0.05, 0) is 55.4 Å². The number of hydrogen-bond donors (Lipinski definition) is 1. The summed E-state index contributed by atoms with van der Waals surface area (Å²) in [5.74, 6) is 2.10. The van der Waals surface area contributed by atoms with E-state index in [0.717, 1.165) is 46.0 Å². The zero-order valence-electron chi connectivity index (χ0n) is 18.2. The predicted molar refractivity (Wildman–Crippen MR) is 126 cm³/mol. The van der Waals surface area contributed by atoms with Crippen LogP contribution in [0.15, 0.2) is 42.5 Å². The van der Waals surface area contributed by atoms with Crippen LogP contribution >= 0.6 is 11.3 Å². The van der Waals surface area contributed by atoms with E-state index >= 15 is 0 Å². The minimum absolute atomic E-state index is 0.0427. The number of nitrogen functional groups attached to an aromatic ring is 1. The van der Waals surface area contributed by atoms with Crippen LogP contribution < -0.4 is 15.2 Å². The van der Waals surface area contributed by atoms with Crippen molar-refractivity contribution in [2.75, 3.05) is 32.0 Å². The molecule has 1 fully saturated rings. The normalized spacial score (nSPS) is 14.9. The lowest BCUT2D eigenvalue weighted by Gasteiger charge is -2.23. The first-order valence-electron chi connectivity index (χ1n) is 11.1. The minimum atomic E-state index is -0.0427. The molecule has 0 spiro atoms. The largest absolute Gasteiger partial charge is 0.486 e. The van der Waals surface area contributed by atoms with Crippen LogP contribution in [0.5, 0.6) is 11.5 Å². The molecule has 6 nitrogen and oxygen atoms in total. The van der Waals surface area contributed by atoms with Crippen molar-refractivity contribution in [1.29, 1.82) is 0 Å². The summed E-state index contributed by atoms with van der Waals surface area (Å²) in [4.78, 5) is 20.9. The maximum atomic E-state index is 13.6. The molecule has 1 amide bonds. The number of nitrogens with zero attached hydrogens (tertiary/aromatic N) is 2. The Kier molecular flexibility index (Phi) is 5.74. The average molecular weight is 450 g/mol. The van der Waals surface area contributed by atoms with E-state index in [1.54, 1.807) is 0 Å². The lowest BCUT2D eigenvalue weighted by atomic mass is 10.1. The number of nitrogens with two attached hydrogens (primary N) is 1. The second kappa shape index (κ2) is 8.82. The van der Waals surface area contributed by atoms with Crippen LogP contribution in [0.3, 0.4) is 0 Å². The Balaban J connectivity index is 1.37. The quantitative estimate of drug-likeness (QED) is 0.572. The van der Waals surface area contributed by atoms with Crippen molar-refractivity contribution in [2.24, 2.45) is 5.92 Å². The minimum Gasteiger partial charge on any atom is -0.486 e. The van der Waals surface area contributed by atoms with Gasteiger partial charge >= 0.3 is 0 Å². The second-order valence-corrected chi connectivity index (χ2v) is 9.55. The summed E-state index contributed by atoms with van der Waals surface area (Å²) in [5.41, 5.74) is 9.76. The maximum Gasteiger partial charge on any atom is 0.274 e. The van der Waals surface area contributed by atoms with E-state index in [4.69, 9.17) is 15.2 Å². The highest BCUT2D eigenvalue weighted by atomic mass is 32.1. The maximum absolute atomic E-state index is 13.6. The number of carbonyl (C=O) groups is 1. The van der Waals surface area contributed by atoms with Crippen LogP contribution in [-0.4, -0.2) is 42.1 Å². The van der Waals surface area contributed by atoms with Gasteiger partial charge in [0.15, 0.2) is 16.6 Å². The zero-order valence-corrected chi connectivity index (χ0v) is 19.0. The van der Waals surface area contributed by atoms with Crippen molar-refractivity contribution < 1.29 is 14.3 Å². The van der Waals surface area contributed by atoms with Crippen LogP contribution in [0.4, 0.5) is 5.13 Å². The standard InChI is InChI=1S/C25H27N3O3S/c1-16-3-2-4-19(13-16)23-22(27-25(26)32-23)24(29)28(15-18-5-6-18)10-9-17-7-8-20-21(14-17)31-12-11-30-20/h2-4,7-8,13-14,18H,5-6,9-12,15H2,1H3,(H2,26,27). The number of rotatable bonds is 7. The molecule has 2 heterocycles. The smallest absolute Gasteiger partial charge is 0.274 e. The fraction of sp³-hybridized carbons (Fsp3) is 0.360. The van der Waals surface area contributed by atoms with Crippen molar-refractivity contribution >= 4 is 22.4 Å². The highest BCUT2D eigenvalue weighted by molar-refractivity contribution is 7.19. The highest BCUT2D eigenvalue weighted by Crippen LogP contribution is 2.35.